The first-order valence-electron chi connectivity index (χ1n) is 6.33. The van der Waals surface area contributed by atoms with E-state index in [0.29, 0.717) is 6.04 Å². The van der Waals surface area contributed by atoms with Crippen molar-refractivity contribution < 1.29 is 9.18 Å². The molecule has 5 heteroatoms. The number of pyridine rings is 1. The van der Waals surface area contributed by atoms with Crippen molar-refractivity contribution in [3.8, 4) is 0 Å². The molecule has 0 spiro atoms. The maximum atomic E-state index is 12.8. The molecule has 1 amide bonds. The average molecular weight is 251 g/mol. The number of rotatable bonds is 6. The summed E-state index contributed by atoms with van der Waals surface area (Å²) in [5.41, 5.74) is 0.762. The van der Waals surface area contributed by atoms with Gasteiger partial charge in [-0.3, -0.25) is 9.78 Å². The second-order valence-corrected chi connectivity index (χ2v) is 4.58. The van der Waals surface area contributed by atoms with Crippen LogP contribution in [0.2, 0.25) is 0 Å². The molecule has 98 valence electrons. The Bertz CT molecular complexity index is 403. The fourth-order valence-corrected chi connectivity index (χ4v) is 1.77. The lowest BCUT2D eigenvalue weighted by Gasteiger charge is -2.16. The van der Waals surface area contributed by atoms with Crippen molar-refractivity contribution in [2.24, 2.45) is 0 Å². The minimum atomic E-state index is -0.347. The van der Waals surface area contributed by atoms with Crippen LogP contribution in [0.4, 0.5) is 4.39 Å². The molecule has 0 aromatic carbocycles. The van der Waals surface area contributed by atoms with Gasteiger partial charge in [-0.25, -0.2) is 4.39 Å². The predicted molar refractivity (Wildman–Crippen MR) is 66.4 cm³/mol. The van der Waals surface area contributed by atoms with Crippen LogP contribution in [0.5, 0.6) is 0 Å². The second kappa shape index (κ2) is 5.91. The van der Waals surface area contributed by atoms with Gasteiger partial charge in [0, 0.05) is 12.1 Å². The van der Waals surface area contributed by atoms with E-state index in [1.165, 1.54) is 12.3 Å². The molecular weight excluding hydrogens is 233 g/mol. The van der Waals surface area contributed by atoms with E-state index in [0.717, 1.165) is 25.0 Å². The van der Waals surface area contributed by atoms with Crippen LogP contribution < -0.4 is 10.6 Å². The maximum Gasteiger partial charge on any atom is 0.234 e. The van der Waals surface area contributed by atoms with Crippen LogP contribution in [0.1, 0.15) is 37.9 Å². The first-order chi connectivity index (χ1) is 8.69. The van der Waals surface area contributed by atoms with Gasteiger partial charge >= 0.3 is 0 Å². The number of halogens is 1. The molecule has 1 aliphatic carbocycles. The summed E-state index contributed by atoms with van der Waals surface area (Å²) in [7, 11) is 0. The third-order valence-electron chi connectivity index (χ3n) is 2.97. The van der Waals surface area contributed by atoms with Crippen LogP contribution >= 0.6 is 0 Å². The third-order valence-corrected chi connectivity index (χ3v) is 2.97. The van der Waals surface area contributed by atoms with Gasteiger partial charge in [-0.05, 0) is 31.4 Å². The number of nitrogens with one attached hydrogen (secondary N) is 2. The van der Waals surface area contributed by atoms with Gasteiger partial charge in [-0.1, -0.05) is 6.92 Å². The van der Waals surface area contributed by atoms with Crippen molar-refractivity contribution in [2.75, 3.05) is 6.54 Å². The fourth-order valence-electron chi connectivity index (χ4n) is 1.77. The summed E-state index contributed by atoms with van der Waals surface area (Å²) < 4.78 is 12.8. The van der Waals surface area contributed by atoms with E-state index in [-0.39, 0.29) is 24.3 Å². The summed E-state index contributed by atoms with van der Waals surface area (Å²) in [6.07, 6.45) is 4.17. The monoisotopic (exact) mass is 251 g/mol. The van der Waals surface area contributed by atoms with E-state index in [1.807, 2.05) is 6.92 Å². The summed E-state index contributed by atoms with van der Waals surface area (Å²) in [5, 5.41) is 6.05. The molecule has 1 saturated carbocycles. The lowest BCUT2D eigenvalue weighted by Crippen LogP contribution is -2.36. The van der Waals surface area contributed by atoms with E-state index in [9.17, 15) is 9.18 Å². The lowest BCUT2D eigenvalue weighted by molar-refractivity contribution is -0.120. The summed E-state index contributed by atoms with van der Waals surface area (Å²) in [6.45, 7) is 2.27. The zero-order chi connectivity index (χ0) is 13.0. The fraction of sp³-hybridized carbons (Fsp3) is 0.538. The standard InChI is InChI=1S/C13H18FN3O/c1-2-11(12-6-3-9(14)7-15-12)16-8-13(18)17-10-4-5-10/h3,6-7,10-11,16H,2,4-5,8H2,1H3,(H,17,18). The molecule has 1 atom stereocenters. The zero-order valence-corrected chi connectivity index (χ0v) is 10.4. The van der Waals surface area contributed by atoms with Crippen molar-refractivity contribution in [3.05, 3.63) is 29.8 Å². The summed E-state index contributed by atoms with van der Waals surface area (Å²) in [5.74, 6) is -0.335. The molecular formula is C13H18FN3O. The maximum absolute atomic E-state index is 12.8. The molecule has 1 aromatic heterocycles. The molecule has 1 fully saturated rings. The number of aromatic nitrogens is 1. The first-order valence-corrected chi connectivity index (χ1v) is 6.33. The Morgan fingerprint density at radius 1 is 1.56 bits per heavy atom. The van der Waals surface area contributed by atoms with Gasteiger partial charge in [0.25, 0.3) is 0 Å². The average Bonchev–Trinajstić information content (AvgIpc) is 3.16. The minimum absolute atomic E-state index is 0.0121. The molecule has 1 aromatic rings. The molecule has 0 aliphatic heterocycles. The van der Waals surface area contributed by atoms with E-state index >= 15 is 0 Å². The number of nitrogens with zero attached hydrogens (tertiary/aromatic N) is 1. The Labute approximate surface area is 106 Å². The molecule has 0 bridgehead atoms. The molecule has 0 radical (unpaired) electrons. The van der Waals surface area contributed by atoms with Gasteiger partial charge in [0.05, 0.1) is 18.4 Å². The Hall–Kier alpha value is -1.49. The Morgan fingerprint density at radius 2 is 2.33 bits per heavy atom. The van der Waals surface area contributed by atoms with Gasteiger partial charge in [-0.15, -0.1) is 0 Å². The Morgan fingerprint density at radius 3 is 2.89 bits per heavy atom. The molecule has 0 saturated heterocycles. The SMILES string of the molecule is CCC(NCC(=O)NC1CC1)c1ccc(F)cn1. The number of hydrogen-bond acceptors (Lipinski definition) is 3. The topological polar surface area (TPSA) is 54.0 Å². The number of amides is 1. The minimum Gasteiger partial charge on any atom is -0.352 e. The second-order valence-electron chi connectivity index (χ2n) is 4.58. The van der Waals surface area contributed by atoms with E-state index in [4.69, 9.17) is 0 Å². The number of carbonyl (C=O) groups is 1. The summed E-state index contributed by atoms with van der Waals surface area (Å²) in [4.78, 5) is 15.6. The molecule has 1 heterocycles. The zero-order valence-electron chi connectivity index (χ0n) is 10.4. The van der Waals surface area contributed by atoms with Gasteiger partial charge < -0.3 is 10.6 Å². The van der Waals surface area contributed by atoms with Crippen LogP contribution in [-0.2, 0) is 4.79 Å². The highest BCUT2D eigenvalue weighted by atomic mass is 19.1. The Balaban J connectivity index is 1.84. The molecule has 1 unspecified atom stereocenters. The first kappa shape index (κ1) is 13.0. The van der Waals surface area contributed by atoms with Crippen LogP contribution in [0, 0.1) is 5.82 Å². The van der Waals surface area contributed by atoms with Gasteiger partial charge in [0.2, 0.25) is 5.91 Å². The van der Waals surface area contributed by atoms with Gasteiger partial charge in [-0.2, -0.15) is 0 Å². The highest BCUT2D eigenvalue weighted by Gasteiger charge is 2.23. The molecule has 4 nitrogen and oxygen atoms in total. The highest BCUT2D eigenvalue weighted by molar-refractivity contribution is 5.78. The Kier molecular flexibility index (Phi) is 4.25. The van der Waals surface area contributed by atoms with Crippen LogP contribution in [0.25, 0.3) is 0 Å². The molecule has 1 aliphatic rings. The third kappa shape index (κ3) is 3.77. The largest absolute Gasteiger partial charge is 0.352 e. The van der Waals surface area contributed by atoms with Gasteiger partial charge in [0.15, 0.2) is 0 Å². The lowest BCUT2D eigenvalue weighted by atomic mass is 10.1. The smallest absolute Gasteiger partial charge is 0.234 e. The van der Waals surface area contributed by atoms with Crippen molar-refractivity contribution in [3.63, 3.8) is 0 Å². The normalized spacial score (nSPS) is 16.3. The van der Waals surface area contributed by atoms with Gasteiger partial charge in [0.1, 0.15) is 5.82 Å². The molecule has 2 N–H and O–H groups in total. The number of hydrogen-bond donors (Lipinski definition) is 2. The van der Waals surface area contributed by atoms with Crippen molar-refractivity contribution in [1.82, 2.24) is 15.6 Å². The van der Waals surface area contributed by atoms with E-state index in [2.05, 4.69) is 15.6 Å². The van der Waals surface area contributed by atoms with Crippen LogP contribution in [0.3, 0.4) is 0 Å². The quantitative estimate of drug-likeness (QED) is 0.806. The van der Waals surface area contributed by atoms with Crippen molar-refractivity contribution in [2.45, 2.75) is 38.3 Å². The van der Waals surface area contributed by atoms with Crippen molar-refractivity contribution in [1.29, 1.82) is 0 Å². The van der Waals surface area contributed by atoms with Crippen molar-refractivity contribution >= 4 is 5.91 Å². The van der Waals surface area contributed by atoms with E-state index < -0.39 is 0 Å². The molecule has 18 heavy (non-hydrogen) atoms. The summed E-state index contributed by atoms with van der Waals surface area (Å²) in [6, 6.07) is 3.39. The van der Waals surface area contributed by atoms with Crippen LogP contribution in [-0.4, -0.2) is 23.5 Å². The predicted octanol–water partition coefficient (Wildman–Crippen LogP) is 1.54. The molecule has 2 rings (SSSR count). The van der Waals surface area contributed by atoms with E-state index in [1.54, 1.807) is 6.07 Å². The highest BCUT2D eigenvalue weighted by Crippen LogP contribution is 2.18. The van der Waals surface area contributed by atoms with Crippen LogP contribution in [0.15, 0.2) is 18.3 Å². The number of carbonyl (C=O) groups excluding carboxylic acids is 1. The summed E-state index contributed by atoms with van der Waals surface area (Å²) >= 11 is 0.